The Balaban J connectivity index is 0.604. The lowest BCUT2D eigenvalue weighted by molar-refractivity contribution is 0.0572. The minimum absolute atomic E-state index is 0.0112. The van der Waals surface area contributed by atoms with Gasteiger partial charge in [-0.3, -0.25) is 72.2 Å². The second kappa shape index (κ2) is 25.3. The lowest BCUT2D eigenvalue weighted by Crippen LogP contribution is -2.42. The summed E-state index contributed by atoms with van der Waals surface area (Å²) in [6.07, 6.45) is 0.485. The molecule has 570 valence electrons. The molecule has 0 fully saturated rings. The van der Waals surface area contributed by atoms with E-state index in [-0.39, 0.29) is 89.4 Å². The van der Waals surface area contributed by atoms with E-state index in [4.69, 9.17) is 9.47 Å². The number of carbonyl (C=O) groups excluding carboxylic acids is 12. The molecule has 0 spiro atoms. The summed E-state index contributed by atoms with van der Waals surface area (Å²) in [7, 11) is 0. The fourth-order valence-electron chi connectivity index (χ4n) is 19.7. The number of ketones is 4. The Labute approximate surface area is 673 Å². The maximum atomic E-state index is 15.4. The summed E-state index contributed by atoms with van der Waals surface area (Å²) in [6.45, 7) is 5.11. The number of rotatable bonds is 17. The number of anilines is 1. The lowest BCUT2D eigenvalue weighted by Gasteiger charge is -2.31. The van der Waals surface area contributed by atoms with E-state index in [9.17, 15) is 53.1 Å². The number of aliphatic hydroxyl groups is 1. The Morgan fingerprint density at radius 3 is 0.882 bits per heavy atom. The minimum atomic E-state index is -0.687. The van der Waals surface area contributed by atoms with Crippen LogP contribution in [0.3, 0.4) is 0 Å². The molecule has 0 unspecified atom stereocenters. The second-order valence-electron chi connectivity index (χ2n) is 31.2. The van der Waals surface area contributed by atoms with Crippen molar-refractivity contribution in [1.29, 1.82) is 0 Å². The van der Waals surface area contributed by atoms with Crippen LogP contribution in [0.1, 0.15) is 163 Å². The van der Waals surface area contributed by atoms with Gasteiger partial charge in [-0.15, -0.1) is 0 Å². The van der Waals surface area contributed by atoms with Gasteiger partial charge in [-0.05, 0) is 212 Å². The molecule has 19 nitrogen and oxygen atoms in total. The standard InChI is InChI=1S/C100H60N4O15/c1-46(106)55-18-22-59-63-26-32-69-85-70(33-27-64(83(63)85)60-23-19-56(47(2)107)79(55)81(59)60)94(111)101(93(69)110)40-38-50-10-14-53(15-11-50)118-77-44-75-87-73(97(114)103(42-43-105)98(75)115)36-30-67-90-78(45-76-88-74(37-31-68(92(88)90)89(77)91(67)87)99(116)104(100(76)117)52-8-6-5-7-9-52)119-54-16-12-51(13-17-54)39-41-102-95(112)71-34-28-65-61-24-20-57(48(3)108)80-58(49(4)109)21-25-62(82(61)80)66-29-35-72(96(102)113)86(71)84(65)66/h5-37,44-45,105H,38-43H2,1-4H3. The number of ether oxygens (including phenoxy) is 2. The zero-order chi connectivity index (χ0) is 81.5. The average molecular weight is 1560 g/mol. The molecular formula is C100H60N4O15. The predicted octanol–water partition coefficient (Wildman–Crippen LogP) is 19.3. The van der Waals surface area contributed by atoms with Gasteiger partial charge in [0.15, 0.2) is 23.1 Å². The molecule has 0 aromatic heterocycles. The van der Waals surface area contributed by atoms with Crippen LogP contribution in [0.4, 0.5) is 5.69 Å². The molecule has 0 saturated heterocycles. The summed E-state index contributed by atoms with van der Waals surface area (Å²) in [6, 6.07) is 61.5. The summed E-state index contributed by atoms with van der Waals surface area (Å²) < 4.78 is 14.0. The maximum absolute atomic E-state index is 15.4. The summed E-state index contributed by atoms with van der Waals surface area (Å²) in [5.41, 5.74) is 5.59. The van der Waals surface area contributed by atoms with Crippen LogP contribution in [0.2, 0.25) is 0 Å². The van der Waals surface area contributed by atoms with E-state index in [0.717, 1.165) is 85.6 Å². The number of para-hydroxylation sites is 1. The van der Waals surface area contributed by atoms with Gasteiger partial charge in [0.25, 0.3) is 47.3 Å². The molecule has 4 aliphatic heterocycles. The van der Waals surface area contributed by atoms with Crippen LogP contribution in [0.15, 0.2) is 212 Å². The van der Waals surface area contributed by atoms with Crippen LogP contribution in [0, 0.1) is 0 Å². The SMILES string of the molecule is CC(=O)c1ccc2c3ccc4c5c(ccc(c6ccc(C(C)=O)c1c26)c53)C(=O)N(CCc1ccc(Oc2cc3c5c(ccc6c7c(Oc8ccc(CCN9C(=O)c%10ccc%11c%12ccc(C(C)=O)c%13c(C(C)=O)ccc(c%14ccc(c%10c%11%14)C9=O)c%13%12)cc8)cc8c9c(ccc(c2c56)c97)C(=O)N(c2ccccc2)C8=O)C(=O)N(CCO)C3=O)cc1)C4=O. The van der Waals surface area contributed by atoms with Crippen LogP contribution in [-0.2, 0) is 12.8 Å². The maximum Gasteiger partial charge on any atom is 0.266 e. The first-order chi connectivity index (χ1) is 57.7. The number of nitrogens with zero attached hydrogens (tertiary/aromatic N) is 4. The topological polar surface area (TPSA) is 256 Å². The summed E-state index contributed by atoms with van der Waals surface area (Å²) in [4.78, 5) is 176. The number of imide groups is 4. The Bertz CT molecular complexity index is 7710. The molecule has 0 aliphatic carbocycles. The van der Waals surface area contributed by atoms with Crippen molar-refractivity contribution in [2.24, 2.45) is 0 Å². The minimum Gasteiger partial charge on any atom is -0.457 e. The number of hydrogen-bond acceptors (Lipinski definition) is 15. The van der Waals surface area contributed by atoms with E-state index >= 15 is 9.59 Å². The number of aliphatic hydroxyl groups excluding tert-OH is 1. The van der Waals surface area contributed by atoms with E-state index in [1.807, 2.05) is 72.8 Å². The van der Waals surface area contributed by atoms with Crippen molar-refractivity contribution in [1.82, 2.24) is 14.7 Å². The molecule has 22 rings (SSSR count). The Morgan fingerprint density at radius 2 is 0.546 bits per heavy atom. The number of benzene rings is 18. The van der Waals surface area contributed by atoms with Crippen LogP contribution in [0.5, 0.6) is 23.0 Å². The number of amides is 8. The van der Waals surface area contributed by atoms with Gasteiger partial charge < -0.3 is 14.6 Å². The molecular weight excluding hydrogens is 1500 g/mol. The third-order valence-electron chi connectivity index (χ3n) is 25.0. The van der Waals surface area contributed by atoms with Crippen molar-refractivity contribution >= 4 is 205 Å². The first-order valence-corrected chi connectivity index (χ1v) is 39.1. The molecule has 0 bridgehead atoms. The predicted molar refractivity (Wildman–Crippen MR) is 454 cm³/mol. The van der Waals surface area contributed by atoms with Crippen molar-refractivity contribution in [3.63, 3.8) is 0 Å². The number of hydrogen-bond donors (Lipinski definition) is 1. The normalized spacial score (nSPS) is 14.2. The molecule has 8 amide bonds. The number of Topliss-reactive ketones (excluding diaryl/α,β-unsaturated/α-hetero) is 4. The highest BCUT2D eigenvalue weighted by atomic mass is 16.5. The van der Waals surface area contributed by atoms with Crippen molar-refractivity contribution in [3.8, 4) is 23.0 Å². The van der Waals surface area contributed by atoms with Crippen molar-refractivity contribution in [3.05, 3.63) is 290 Å². The smallest absolute Gasteiger partial charge is 0.266 e. The molecule has 0 radical (unpaired) electrons. The van der Waals surface area contributed by atoms with Gasteiger partial charge in [0.1, 0.15) is 23.0 Å². The Morgan fingerprint density at radius 1 is 0.269 bits per heavy atom. The van der Waals surface area contributed by atoms with E-state index in [1.165, 1.54) is 37.5 Å². The fraction of sp³-hybridized carbons (Fsp3) is 0.100. The highest BCUT2D eigenvalue weighted by Crippen LogP contribution is 2.55. The Kier molecular flexibility index (Phi) is 15.0. The molecule has 4 aliphatic rings. The molecule has 1 N–H and O–H groups in total. The van der Waals surface area contributed by atoms with E-state index in [0.29, 0.717) is 126 Å². The highest BCUT2D eigenvalue weighted by molar-refractivity contribution is 6.47. The highest BCUT2D eigenvalue weighted by Gasteiger charge is 2.42. The van der Waals surface area contributed by atoms with Crippen LogP contribution in [0.25, 0.3) is 129 Å². The second-order valence-corrected chi connectivity index (χ2v) is 31.2. The van der Waals surface area contributed by atoms with Crippen molar-refractivity contribution in [2.75, 3.05) is 31.1 Å². The number of β-amino-alcohol motifs (C(OH)–C–C–N with tert-alkyl or cyclic N) is 1. The summed E-state index contributed by atoms with van der Waals surface area (Å²) >= 11 is 0. The number of carbonyl (C=O) groups is 12. The van der Waals surface area contributed by atoms with Gasteiger partial charge in [-0.1, -0.05) is 127 Å². The first-order valence-electron chi connectivity index (χ1n) is 39.1. The molecule has 119 heavy (non-hydrogen) atoms. The summed E-state index contributed by atoms with van der Waals surface area (Å²) in [5.74, 6) is -4.15. The monoisotopic (exact) mass is 1560 g/mol. The van der Waals surface area contributed by atoms with Gasteiger partial charge in [0, 0.05) is 123 Å². The van der Waals surface area contributed by atoms with Gasteiger partial charge >= 0.3 is 0 Å². The zero-order valence-electron chi connectivity index (χ0n) is 63.9. The largest absolute Gasteiger partial charge is 0.457 e. The third kappa shape index (κ3) is 9.69. The number of fused-ring (bicyclic) bond motifs is 6. The fourth-order valence-corrected chi connectivity index (χ4v) is 19.7. The molecule has 18 aromatic rings. The van der Waals surface area contributed by atoms with Crippen LogP contribution in [-0.4, -0.2) is 116 Å². The van der Waals surface area contributed by atoms with E-state index in [1.54, 1.807) is 140 Å². The van der Waals surface area contributed by atoms with Gasteiger partial charge in [0.05, 0.1) is 30.0 Å². The molecule has 0 atom stereocenters. The lowest BCUT2D eigenvalue weighted by atomic mass is 9.81. The van der Waals surface area contributed by atoms with Gasteiger partial charge in [-0.25, -0.2) is 4.90 Å². The molecule has 4 heterocycles. The van der Waals surface area contributed by atoms with Gasteiger partial charge in [0.2, 0.25) is 0 Å². The van der Waals surface area contributed by atoms with Crippen molar-refractivity contribution < 1.29 is 72.1 Å². The summed E-state index contributed by atoms with van der Waals surface area (Å²) in [5, 5.41) is 25.0. The Hall–Kier alpha value is -15.3. The van der Waals surface area contributed by atoms with Gasteiger partial charge in [-0.2, -0.15) is 0 Å². The quantitative estimate of drug-likeness (QED) is 0.0385. The molecule has 18 aromatic carbocycles. The average Bonchev–Trinajstić information content (AvgIpc) is 0.692. The molecule has 0 saturated carbocycles. The molecule has 19 heteroatoms. The van der Waals surface area contributed by atoms with E-state index in [2.05, 4.69) is 0 Å². The van der Waals surface area contributed by atoms with Crippen LogP contribution >= 0.6 is 0 Å². The first kappa shape index (κ1) is 70.3. The van der Waals surface area contributed by atoms with E-state index < -0.39 is 53.9 Å². The van der Waals surface area contributed by atoms with Crippen LogP contribution < -0.4 is 14.4 Å². The van der Waals surface area contributed by atoms with Crippen molar-refractivity contribution in [2.45, 2.75) is 40.5 Å². The zero-order valence-corrected chi connectivity index (χ0v) is 63.9. The third-order valence-corrected chi connectivity index (χ3v) is 25.0.